The van der Waals surface area contributed by atoms with E-state index in [1.54, 1.807) is 12.1 Å². The third-order valence-electron chi connectivity index (χ3n) is 3.31. The van der Waals surface area contributed by atoms with E-state index in [1.807, 2.05) is 7.05 Å². The lowest BCUT2D eigenvalue weighted by Crippen LogP contribution is -2.33. The highest BCUT2D eigenvalue weighted by Crippen LogP contribution is 2.23. The van der Waals surface area contributed by atoms with E-state index in [2.05, 4.69) is 23.9 Å². The molecule has 19 heavy (non-hydrogen) atoms. The summed E-state index contributed by atoms with van der Waals surface area (Å²) in [7, 11) is 1.90. The van der Waals surface area contributed by atoms with Gasteiger partial charge in [-0.05, 0) is 37.1 Å². The van der Waals surface area contributed by atoms with Crippen LogP contribution in [-0.4, -0.2) is 19.5 Å². The van der Waals surface area contributed by atoms with Crippen LogP contribution in [0.1, 0.15) is 25.8 Å². The maximum absolute atomic E-state index is 12.0. The Morgan fingerprint density at radius 3 is 2.21 bits per heavy atom. The van der Waals surface area contributed by atoms with Crippen molar-refractivity contribution in [1.29, 1.82) is 0 Å². The lowest BCUT2D eigenvalue weighted by Gasteiger charge is -2.22. The van der Waals surface area contributed by atoms with E-state index in [0.717, 1.165) is 18.4 Å². The van der Waals surface area contributed by atoms with Crippen molar-refractivity contribution in [3.8, 4) is 5.75 Å². The number of benzene rings is 1. The molecule has 0 saturated heterocycles. The predicted octanol–water partition coefficient (Wildman–Crippen LogP) is 3.76. The van der Waals surface area contributed by atoms with Gasteiger partial charge in [-0.25, -0.2) is 0 Å². The van der Waals surface area contributed by atoms with Gasteiger partial charge < -0.3 is 10.1 Å². The Hall–Kier alpha value is -1.23. The summed E-state index contributed by atoms with van der Waals surface area (Å²) in [6, 6.07) is 6.37. The predicted molar refractivity (Wildman–Crippen MR) is 69.1 cm³/mol. The molecule has 5 heteroatoms. The Morgan fingerprint density at radius 1 is 1.21 bits per heavy atom. The van der Waals surface area contributed by atoms with Gasteiger partial charge in [-0.1, -0.05) is 32.4 Å². The molecule has 2 nitrogen and oxygen atoms in total. The molecule has 0 heterocycles. The quantitative estimate of drug-likeness (QED) is 0.853. The summed E-state index contributed by atoms with van der Waals surface area (Å²) < 4.78 is 39.9. The molecule has 0 amide bonds. The molecule has 2 unspecified atom stereocenters. The van der Waals surface area contributed by atoms with Crippen molar-refractivity contribution in [3.63, 3.8) is 0 Å². The fraction of sp³-hybridized carbons (Fsp3) is 0.571. The first-order valence-electron chi connectivity index (χ1n) is 6.37. The van der Waals surface area contributed by atoms with Crippen LogP contribution in [0, 0.1) is 5.92 Å². The van der Waals surface area contributed by atoms with Crippen LogP contribution in [0.25, 0.3) is 0 Å². The molecule has 2 atom stereocenters. The molecule has 1 rings (SSSR count). The fourth-order valence-electron chi connectivity index (χ4n) is 1.95. The van der Waals surface area contributed by atoms with Crippen LogP contribution in [0.15, 0.2) is 24.3 Å². The molecular formula is C14H20F3NO. The van der Waals surface area contributed by atoms with Crippen LogP contribution >= 0.6 is 0 Å². The summed E-state index contributed by atoms with van der Waals surface area (Å²) >= 11 is 0. The van der Waals surface area contributed by atoms with Gasteiger partial charge >= 0.3 is 6.36 Å². The van der Waals surface area contributed by atoms with E-state index in [0.29, 0.717) is 12.0 Å². The van der Waals surface area contributed by atoms with Crippen molar-refractivity contribution in [1.82, 2.24) is 5.32 Å². The zero-order valence-electron chi connectivity index (χ0n) is 11.4. The van der Waals surface area contributed by atoms with Gasteiger partial charge in [0, 0.05) is 6.04 Å². The van der Waals surface area contributed by atoms with Crippen molar-refractivity contribution in [2.24, 2.45) is 5.92 Å². The number of hydrogen-bond donors (Lipinski definition) is 1. The normalized spacial score (nSPS) is 15.1. The van der Waals surface area contributed by atoms with Gasteiger partial charge in [-0.2, -0.15) is 0 Å². The monoisotopic (exact) mass is 275 g/mol. The molecule has 0 aliphatic rings. The highest BCUT2D eigenvalue weighted by molar-refractivity contribution is 5.28. The molecular weight excluding hydrogens is 255 g/mol. The molecule has 0 radical (unpaired) electrons. The number of alkyl halides is 3. The minimum absolute atomic E-state index is 0.180. The molecule has 1 aromatic rings. The highest BCUT2D eigenvalue weighted by atomic mass is 19.4. The molecule has 0 fully saturated rings. The molecule has 0 spiro atoms. The van der Waals surface area contributed by atoms with Crippen LogP contribution in [0.2, 0.25) is 0 Å². The Balaban J connectivity index is 2.66. The largest absolute Gasteiger partial charge is 0.573 e. The third kappa shape index (κ3) is 5.51. The van der Waals surface area contributed by atoms with E-state index >= 15 is 0 Å². The highest BCUT2D eigenvalue weighted by Gasteiger charge is 2.30. The van der Waals surface area contributed by atoms with E-state index in [4.69, 9.17) is 0 Å². The summed E-state index contributed by atoms with van der Waals surface area (Å²) in [5.74, 6) is 0.330. The first-order valence-corrected chi connectivity index (χ1v) is 6.37. The number of likely N-dealkylation sites (N-methyl/N-ethyl adjacent to an activating group) is 1. The molecule has 0 saturated carbocycles. The van der Waals surface area contributed by atoms with Crippen LogP contribution in [0.5, 0.6) is 5.75 Å². The lowest BCUT2D eigenvalue weighted by atomic mass is 9.93. The zero-order chi connectivity index (χ0) is 14.5. The SMILES string of the molecule is CCC(C)C(Cc1ccc(OC(F)(F)F)cc1)NC. The summed E-state index contributed by atoms with van der Waals surface area (Å²) in [6.45, 7) is 4.28. The number of ether oxygens (including phenoxy) is 1. The molecule has 0 aliphatic heterocycles. The van der Waals surface area contributed by atoms with Crippen molar-refractivity contribution in [2.45, 2.75) is 39.1 Å². The first-order chi connectivity index (χ1) is 8.85. The Labute approximate surface area is 112 Å². The minimum atomic E-state index is -4.63. The van der Waals surface area contributed by atoms with Crippen LogP contribution in [-0.2, 0) is 6.42 Å². The Kier molecular flexibility index (Phi) is 5.66. The van der Waals surface area contributed by atoms with Crippen LogP contribution < -0.4 is 10.1 Å². The van der Waals surface area contributed by atoms with Gasteiger partial charge in [0.05, 0.1) is 0 Å². The van der Waals surface area contributed by atoms with Gasteiger partial charge in [-0.15, -0.1) is 13.2 Å². The average molecular weight is 275 g/mol. The van der Waals surface area contributed by atoms with E-state index in [9.17, 15) is 13.2 Å². The van der Waals surface area contributed by atoms with Gasteiger partial charge in [-0.3, -0.25) is 0 Å². The van der Waals surface area contributed by atoms with Crippen molar-refractivity contribution in [2.75, 3.05) is 7.05 Å². The molecule has 0 aliphatic carbocycles. The minimum Gasteiger partial charge on any atom is -0.406 e. The van der Waals surface area contributed by atoms with Gasteiger partial charge in [0.15, 0.2) is 0 Å². The number of halogens is 3. The number of rotatable bonds is 6. The molecule has 1 N–H and O–H groups in total. The van der Waals surface area contributed by atoms with E-state index < -0.39 is 6.36 Å². The van der Waals surface area contributed by atoms with Gasteiger partial charge in [0.1, 0.15) is 5.75 Å². The van der Waals surface area contributed by atoms with Crippen LogP contribution in [0.3, 0.4) is 0 Å². The Bertz CT molecular complexity index is 375. The smallest absolute Gasteiger partial charge is 0.406 e. The van der Waals surface area contributed by atoms with Crippen molar-refractivity contribution in [3.05, 3.63) is 29.8 Å². The van der Waals surface area contributed by atoms with Crippen molar-refractivity contribution >= 4 is 0 Å². The summed E-state index contributed by atoms with van der Waals surface area (Å²) in [5.41, 5.74) is 0.995. The lowest BCUT2D eigenvalue weighted by molar-refractivity contribution is -0.274. The van der Waals surface area contributed by atoms with Gasteiger partial charge in [0.2, 0.25) is 0 Å². The van der Waals surface area contributed by atoms with Crippen molar-refractivity contribution < 1.29 is 17.9 Å². The zero-order valence-corrected chi connectivity index (χ0v) is 11.4. The molecule has 0 bridgehead atoms. The summed E-state index contributed by atoms with van der Waals surface area (Å²) in [4.78, 5) is 0. The fourth-order valence-corrected chi connectivity index (χ4v) is 1.95. The molecule has 108 valence electrons. The number of hydrogen-bond acceptors (Lipinski definition) is 2. The summed E-state index contributed by atoms with van der Waals surface area (Å²) in [5, 5.41) is 3.24. The van der Waals surface area contributed by atoms with E-state index in [-0.39, 0.29) is 5.75 Å². The molecule has 0 aromatic heterocycles. The maximum atomic E-state index is 12.0. The van der Waals surface area contributed by atoms with Gasteiger partial charge in [0.25, 0.3) is 0 Å². The maximum Gasteiger partial charge on any atom is 0.573 e. The third-order valence-corrected chi connectivity index (χ3v) is 3.31. The standard InChI is InChI=1S/C14H20F3NO/c1-4-10(2)13(18-3)9-11-5-7-12(8-6-11)19-14(15,16)17/h5-8,10,13,18H,4,9H2,1-3H3. The second-order valence-electron chi connectivity index (χ2n) is 4.68. The molecule has 1 aromatic carbocycles. The number of nitrogens with one attached hydrogen (secondary N) is 1. The van der Waals surface area contributed by atoms with Crippen LogP contribution in [0.4, 0.5) is 13.2 Å². The second kappa shape index (κ2) is 6.80. The average Bonchev–Trinajstić information content (AvgIpc) is 2.35. The first kappa shape index (κ1) is 15.8. The Morgan fingerprint density at radius 2 is 1.79 bits per heavy atom. The second-order valence-corrected chi connectivity index (χ2v) is 4.68. The van der Waals surface area contributed by atoms with E-state index in [1.165, 1.54) is 12.1 Å². The topological polar surface area (TPSA) is 21.3 Å². The summed E-state index contributed by atoms with van der Waals surface area (Å²) in [6.07, 6.45) is -2.79.